The van der Waals surface area contributed by atoms with Gasteiger partial charge in [-0.05, 0) is 54.1 Å². The van der Waals surface area contributed by atoms with E-state index in [-0.39, 0.29) is 0 Å². The lowest BCUT2D eigenvalue weighted by atomic mass is 9.85. The van der Waals surface area contributed by atoms with Gasteiger partial charge >= 0.3 is 0 Å². The largest absolute Gasteiger partial charge is 0.474 e. The zero-order valence-corrected chi connectivity index (χ0v) is 12.2. The van der Waals surface area contributed by atoms with Crippen LogP contribution in [0.2, 0.25) is 0 Å². The molecule has 2 aliphatic rings. The van der Waals surface area contributed by atoms with Gasteiger partial charge in [0.1, 0.15) is 6.10 Å². The molecular weight excluding hydrogens is 292 g/mol. The van der Waals surface area contributed by atoms with E-state index in [4.69, 9.17) is 4.74 Å². The van der Waals surface area contributed by atoms with Crippen LogP contribution in [-0.2, 0) is 0 Å². The molecule has 18 heavy (non-hydrogen) atoms. The molecular formula is C14H19BrN2O. The van der Waals surface area contributed by atoms with E-state index >= 15 is 0 Å². The molecule has 0 aromatic carbocycles. The number of fused-ring (bicyclic) bond motifs is 2. The molecule has 1 aromatic heterocycles. The van der Waals surface area contributed by atoms with Gasteiger partial charge in [-0.3, -0.25) is 0 Å². The van der Waals surface area contributed by atoms with E-state index in [2.05, 4.69) is 33.2 Å². The summed E-state index contributed by atoms with van der Waals surface area (Å²) < 4.78 is 7.09. The number of rotatable bonds is 2. The highest BCUT2D eigenvalue weighted by Crippen LogP contribution is 2.28. The minimum Gasteiger partial charge on any atom is -0.474 e. The Labute approximate surface area is 116 Å². The minimum absolute atomic E-state index is 0.328. The number of aryl methyl sites for hydroxylation is 1. The second kappa shape index (κ2) is 5.17. The number of ether oxygens (including phenoxy) is 1. The summed E-state index contributed by atoms with van der Waals surface area (Å²) in [6.07, 6.45) is 8.35. The molecule has 2 aliphatic heterocycles. The summed E-state index contributed by atoms with van der Waals surface area (Å²) >= 11 is 3.47. The zero-order valence-electron chi connectivity index (χ0n) is 10.7. The predicted octanol–water partition coefficient (Wildman–Crippen LogP) is 3.20. The van der Waals surface area contributed by atoms with E-state index in [1.165, 1.54) is 24.8 Å². The van der Waals surface area contributed by atoms with Crippen molar-refractivity contribution in [1.29, 1.82) is 0 Å². The summed E-state index contributed by atoms with van der Waals surface area (Å²) in [5.41, 5.74) is 1.18. The topological polar surface area (TPSA) is 34.1 Å². The van der Waals surface area contributed by atoms with E-state index < -0.39 is 0 Å². The van der Waals surface area contributed by atoms with Crippen molar-refractivity contribution in [3.8, 4) is 5.88 Å². The molecule has 3 heterocycles. The molecule has 98 valence electrons. The summed E-state index contributed by atoms with van der Waals surface area (Å²) in [6, 6.07) is 3.32. The molecule has 2 saturated heterocycles. The zero-order chi connectivity index (χ0) is 12.5. The number of piperidine rings is 2. The molecule has 0 amide bonds. The SMILES string of the molecule is Cc1cc(OC2C[C@H]3CCC[C@@H](C2)N3)ncc1Br. The number of nitrogens with one attached hydrogen (secondary N) is 1. The van der Waals surface area contributed by atoms with Crippen LogP contribution in [0, 0.1) is 6.92 Å². The van der Waals surface area contributed by atoms with Crippen molar-refractivity contribution in [1.82, 2.24) is 10.3 Å². The summed E-state index contributed by atoms with van der Waals surface area (Å²) in [4.78, 5) is 4.34. The van der Waals surface area contributed by atoms with Crippen LogP contribution in [0.3, 0.4) is 0 Å². The Morgan fingerprint density at radius 1 is 1.33 bits per heavy atom. The van der Waals surface area contributed by atoms with Crippen LogP contribution >= 0.6 is 15.9 Å². The van der Waals surface area contributed by atoms with E-state index in [9.17, 15) is 0 Å². The molecule has 2 fully saturated rings. The van der Waals surface area contributed by atoms with Crippen molar-refractivity contribution in [3.63, 3.8) is 0 Å². The third kappa shape index (κ3) is 2.69. The van der Waals surface area contributed by atoms with Gasteiger partial charge in [0.25, 0.3) is 0 Å². The normalized spacial score (nSPS) is 31.1. The summed E-state index contributed by atoms with van der Waals surface area (Å²) in [7, 11) is 0. The fourth-order valence-corrected chi connectivity index (χ4v) is 3.28. The quantitative estimate of drug-likeness (QED) is 0.911. The molecule has 1 unspecified atom stereocenters. The van der Waals surface area contributed by atoms with Gasteiger partial charge in [0.05, 0.1) is 0 Å². The van der Waals surface area contributed by atoms with Crippen LogP contribution in [0.5, 0.6) is 5.88 Å². The Hall–Kier alpha value is -0.610. The second-order valence-corrected chi connectivity index (χ2v) is 6.33. The molecule has 0 spiro atoms. The Kier molecular flexibility index (Phi) is 3.57. The highest BCUT2D eigenvalue weighted by atomic mass is 79.9. The fraction of sp³-hybridized carbons (Fsp3) is 0.643. The number of hydrogen-bond acceptors (Lipinski definition) is 3. The summed E-state index contributed by atoms with van der Waals surface area (Å²) in [5.74, 6) is 0.765. The Morgan fingerprint density at radius 3 is 2.72 bits per heavy atom. The third-order valence-electron chi connectivity index (χ3n) is 3.98. The maximum absolute atomic E-state index is 6.06. The van der Waals surface area contributed by atoms with Gasteiger partial charge in [-0.25, -0.2) is 4.98 Å². The van der Waals surface area contributed by atoms with Gasteiger partial charge in [-0.15, -0.1) is 0 Å². The van der Waals surface area contributed by atoms with Crippen molar-refractivity contribution in [2.24, 2.45) is 0 Å². The molecule has 2 bridgehead atoms. The fourth-order valence-electron chi connectivity index (χ4n) is 3.06. The van der Waals surface area contributed by atoms with E-state index in [1.54, 1.807) is 0 Å². The number of aromatic nitrogens is 1. The molecule has 1 N–H and O–H groups in total. The second-order valence-electron chi connectivity index (χ2n) is 5.47. The van der Waals surface area contributed by atoms with Gasteiger partial charge < -0.3 is 10.1 Å². The van der Waals surface area contributed by atoms with E-state index in [0.717, 1.165) is 23.2 Å². The number of nitrogens with zero attached hydrogens (tertiary/aromatic N) is 1. The van der Waals surface area contributed by atoms with Crippen molar-refractivity contribution in [2.75, 3.05) is 0 Å². The van der Waals surface area contributed by atoms with E-state index in [1.807, 2.05) is 12.3 Å². The van der Waals surface area contributed by atoms with Crippen LogP contribution in [0.4, 0.5) is 0 Å². The van der Waals surface area contributed by atoms with Gasteiger partial charge in [-0.1, -0.05) is 6.42 Å². The molecule has 3 atom stereocenters. The molecule has 4 heteroatoms. The molecule has 1 aromatic rings. The van der Waals surface area contributed by atoms with Gasteiger partial charge in [0, 0.05) is 28.8 Å². The number of pyridine rings is 1. The van der Waals surface area contributed by atoms with Crippen LogP contribution < -0.4 is 10.1 Å². The van der Waals surface area contributed by atoms with Gasteiger partial charge in [-0.2, -0.15) is 0 Å². The van der Waals surface area contributed by atoms with Crippen molar-refractivity contribution < 1.29 is 4.74 Å². The molecule has 3 nitrogen and oxygen atoms in total. The Balaban J connectivity index is 1.67. The van der Waals surface area contributed by atoms with E-state index in [0.29, 0.717) is 18.2 Å². The number of halogens is 1. The highest BCUT2D eigenvalue weighted by Gasteiger charge is 2.32. The Morgan fingerprint density at radius 2 is 2.06 bits per heavy atom. The first-order chi connectivity index (χ1) is 8.70. The van der Waals surface area contributed by atoms with Gasteiger partial charge in [0.2, 0.25) is 5.88 Å². The average molecular weight is 311 g/mol. The average Bonchev–Trinajstić information content (AvgIpc) is 2.33. The first-order valence-corrected chi connectivity index (χ1v) is 7.55. The maximum atomic E-state index is 6.06. The van der Waals surface area contributed by atoms with Crippen LogP contribution in [0.25, 0.3) is 0 Å². The van der Waals surface area contributed by atoms with Crippen molar-refractivity contribution in [2.45, 2.75) is 57.2 Å². The lowest BCUT2D eigenvalue weighted by Gasteiger charge is -2.40. The number of hydrogen-bond donors (Lipinski definition) is 1. The van der Waals surface area contributed by atoms with Crippen molar-refractivity contribution in [3.05, 3.63) is 22.3 Å². The first kappa shape index (κ1) is 12.4. The smallest absolute Gasteiger partial charge is 0.213 e. The summed E-state index contributed by atoms with van der Waals surface area (Å²) in [5, 5.41) is 3.68. The minimum atomic E-state index is 0.328. The predicted molar refractivity (Wildman–Crippen MR) is 74.9 cm³/mol. The highest BCUT2D eigenvalue weighted by molar-refractivity contribution is 9.10. The van der Waals surface area contributed by atoms with Crippen molar-refractivity contribution >= 4 is 15.9 Å². The maximum Gasteiger partial charge on any atom is 0.213 e. The lowest BCUT2D eigenvalue weighted by Crippen LogP contribution is -2.51. The summed E-state index contributed by atoms with van der Waals surface area (Å²) in [6.45, 7) is 2.07. The van der Waals surface area contributed by atoms with Gasteiger partial charge in [0.15, 0.2) is 0 Å². The first-order valence-electron chi connectivity index (χ1n) is 6.75. The lowest BCUT2D eigenvalue weighted by molar-refractivity contribution is 0.0889. The van der Waals surface area contributed by atoms with Crippen LogP contribution in [0.1, 0.15) is 37.7 Å². The molecule has 3 rings (SSSR count). The van der Waals surface area contributed by atoms with Crippen LogP contribution in [0.15, 0.2) is 16.7 Å². The standard InChI is InChI=1S/C14H19BrN2O/c1-9-5-14(16-8-13(9)15)18-12-6-10-3-2-4-11(7-12)17-10/h5,8,10-12,17H,2-4,6-7H2,1H3/t10-,11+,12?. The molecule has 0 aliphatic carbocycles. The Bertz CT molecular complexity index is 426. The molecule has 0 saturated carbocycles. The molecule has 0 radical (unpaired) electrons. The monoisotopic (exact) mass is 310 g/mol. The third-order valence-corrected chi connectivity index (χ3v) is 4.81. The van der Waals surface area contributed by atoms with Crippen LogP contribution in [-0.4, -0.2) is 23.2 Å².